The number of amides is 1. The van der Waals surface area contributed by atoms with Crippen molar-refractivity contribution < 1.29 is 14.7 Å². The van der Waals surface area contributed by atoms with Crippen LogP contribution in [-0.2, 0) is 4.79 Å². The Morgan fingerprint density at radius 2 is 1.96 bits per heavy atom. The van der Waals surface area contributed by atoms with Gasteiger partial charge in [-0.1, -0.05) is 22.0 Å². The van der Waals surface area contributed by atoms with Crippen LogP contribution in [0.1, 0.15) is 31.9 Å². The quantitative estimate of drug-likeness (QED) is 0.597. The van der Waals surface area contributed by atoms with Gasteiger partial charge in [0.15, 0.2) is 0 Å². The molecule has 26 heavy (non-hydrogen) atoms. The number of carbonyl (C=O) groups is 1. The van der Waals surface area contributed by atoms with E-state index < -0.39 is 11.5 Å². The zero-order chi connectivity index (χ0) is 19.2. The second-order valence-electron chi connectivity index (χ2n) is 6.59. The van der Waals surface area contributed by atoms with Gasteiger partial charge in [0.25, 0.3) is 5.56 Å². The van der Waals surface area contributed by atoms with Gasteiger partial charge < -0.3 is 4.74 Å². The summed E-state index contributed by atoms with van der Waals surface area (Å²) in [6, 6.07) is 8.45. The first-order chi connectivity index (χ1) is 12.1. The number of carbonyl (C=O) groups excluding carboxylic acids is 1. The van der Waals surface area contributed by atoms with E-state index in [1.54, 1.807) is 38.2 Å². The number of hydrogen-bond donors (Lipinski definition) is 1. The monoisotopic (exact) mass is 418 g/mol. The SMILES string of the molecule is CC(=O)N(O)C1=C(n2ccccc2=O)c2c(ccc(Br)c2C)OC1(C)C. The minimum Gasteiger partial charge on any atom is -0.481 e. The summed E-state index contributed by atoms with van der Waals surface area (Å²) in [4.78, 5) is 24.5. The fourth-order valence-electron chi connectivity index (χ4n) is 3.13. The van der Waals surface area contributed by atoms with Crippen LogP contribution in [0.3, 0.4) is 0 Å². The third kappa shape index (κ3) is 2.87. The molecule has 0 saturated carbocycles. The van der Waals surface area contributed by atoms with Crippen LogP contribution in [0.5, 0.6) is 5.75 Å². The number of pyridine rings is 1. The molecule has 1 aromatic heterocycles. The lowest BCUT2D eigenvalue weighted by Gasteiger charge is -2.39. The summed E-state index contributed by atoms with van der Waals surface area (Å²) in [6.45, 7) is 6.61. The van der Waals surface area contributed by atoms with E-state index in [0.29, 0.717) is 22.1 Å². The molecule has 7 heteroatoms. The van der Waals surface area contributed by atoms with Crippen molar-refractivity contribution in [3.63, 3.8) is 0 Å². The van der Waals surface area contributed by atoms with Gasteiger partial charge in [-0.3, -0.25) is 19.4 Å². The Labute approximate surface area is 159 Å². The largest absolute Gasteiger partial charge is 0.481 e. The van der Waals surface area contributed by atoms with Crippen molar-refractivity contribution in [1.82, 2.24) is 9.63 Å². The predicted octanol–water partition coefficient (Wildman–Crippen LogP) is 3.54. The van der Waals surface area contributed by atoms with Crippen molar-refractivity contribution in [2.75, 3.05) is 0 Å². The summed E-state index contributed by atoms with van der Waals surface area (Å²) in [5.41, 5.74) is 0.768. The first kappa shape index (κ1) is 18.4. The van der Waals surface area contributed by atoms with Gasteiger partial charge in [-0.15, -0.1) is 0 Å². The molecule has 0 unspecified atom stereocenters. The highest BCUT2D eigenvalue weighted by molar-refractivity contribution is 9.10. The molecule has 0 aliphatic carbocycles. The van der Waals surface area contributed by atoms with Crippen LogP contribution in [-0.4, -0.2) is 26.3 Å². The van der Waals surface area contributed by atoms with Crippen LogP contribution in [0.15, 0.2) is 51.5 Å². The fourth-order valence-corrected chi connectivity index (χ4v) is 3.46. The average molecular weight is 419 g/mol. The van der Waals surface area contributed by atoms with E-state index >= 15 is 0 Å². The molecule has 1 aromatic carbocycles. The van der Waals surface area contributed by atoms with Crippen LogP contribution in [0, 0.1) is 6.92 Å². The summed E-state index contributed by atoms with van der Waals surface area (Å²) >= 11 is 3.50. The topological polar surface area (TPSA) is 71.8 Å². The Bertz CT molecular complexity index is 991. The van der Waals surface area contributed by atoms with Gasteiger partial charge in [-0.25, -0.2) is 0 Å². The van der Waals surface area contributed by atoms with E-state index in [9.17, 15) is 14.8 Å². The van der Waals surface area contributed by atoms with Crippen LogP contribution >= 0.6 is 15.9 Å². The first-order valence-corrected chi connectivity index (χ1v) is 8.85. The van der Waals surface area contributed by atoms with Crippen LogP contribution in [0.25, 0.3) is 5.70 Å². The third-order valence-corrected chi connectivity index (χ3v) is 5.19. The molecule has 1 N–H and O–H groups in total. The number of fused-ring (bicyclic) bond motifs is 1. The third-order valence-electron chi connectivity index (χ3n) is 4.33. The Morgan fingerprint density at radius 3 is 2.58 bits per heavy atom. The lowest BCUT2D eigenvalue weighted by molar-refractivity contribution is -0.159. The molecule has 0 fully saturated rings. The van der Waals surface area contributed by atoms with E-state index in [0.717, 1.165) is 10.0 Å². The molecule has 1 aliphatic rings. The van der Waals surface area contributed by atoms with E-state index in [4.69, 9.17) is 4.74 Å². The van der Waals surface area contributed by atoms with Crippen molar-refractivity contribution in [1.29, 1.82) is 0 Å². The molecule has 0 bridgehead atoms. The molecule has 0 spiro atoms. The van der Waals surface area contributed by atoms with Crippen LogP contribution in [0.4, 0.5) is 0 Å². The number of hydrogen-bond acceptors (Lipinski definition) is 4. The lowest BCUT2D eigenvalue weighted by atomic mass is 9.91. The van der Waals surface area contributed by atoms with E-state index in [2.05, 4.69) is 15.9 Å². The van der Waals surface area contributed by atoms with Crippen molar-refractivity contribution in [2.45, 2.75) is 33.3 Å². The number of rotatable bonds is 2. The normalized spacial score (nSPS) is 15.3. The Morgan fingerprint density at radius 1 is 1.27 bits per heavy atom. The fraction of sp³-hybridized carbons (Fsp3) is 0.263. The van der Waals surface area contributed by atoms with Crippen molar-refractivity contribution in [2.24, 2.45) is 0 Å². The van der Waals surface area contributed by atoms with Gasteiger partial charge in [0.2, 0.25) is 5.91 Å². The van der Waals surface area contributed by atoms with E-state index in [-0.39, 0.29) is 11.3 Å². The van der Waals surface area contributed by atoms with E-state index in [1.807, 2.05) is 13.0 Å². The summed E-state index contributed by atoms with van der Waals surface area (Å²) in [7, 11) is 0. The second-order valence-corrected chi connectivity index (χ2v) is 7.45. The summed E-state index contributed by atoms with van der Waals surface area (Å²) in [5, 5.41) is 11.1. The molecule has 2 aromatic rings. The predicted molar refractivity (Wildman–Crippen MR) is 101 cm³/mol. The van der Waals surface area contributed by atoms with Gasteiger partial charge in [0, 0.05) is 29.2 Å². The number of hydroxylamine groups is 2. The maximum atomic E-state index is 12.6. The van der Waals surface area contributed by atoms with Gasteiger partial charge in [0.1, 0.15) is 17.0 Å². The summed E-state index contributed by atoms with van der Waals surface area (Å²) in [5.74, 6) is -0.00332. The number of aromatic nitrogens is 1. The minimum atomic E-state index is -1.04. The van der Waals surface area contributed by atoms with Gasteiger partial charge in [-0.2, -0.15) is 5.06 Å². The standard InChI is InChI=1S/C19H19BrN2O4/c1-11-13(20)8-9-14-16(11)17(21-10-6-5-7-15(21)24)18(19(3,4)26-14)22(25)12(2)23/h5-10,25H,1-4H3. The maximum absolute atomic E-state index is 12.6. The molecule has 1 amide bonds. The lowest BCUT2D eigenvalue weighted by Crippen LogP contribution is -2.45. The Kier molecular flexibility index (Phi) is 4.54. The van der Waals surface area contributed by atoms with Crippen molar-refractivity contribution in [3.8, 4) is 5.75 Å². The average Bonchev–Trinajstić information content (AvgIpc) is 2.56. The van der Waals surface area contributed by atoms with Gasteiger partial charge in [0.05, 0.1) is 5.70 Å². The zero-order valence-corrected chi connectivity index (χ0v) is 16.5. The molecule has 1 aliphatic heterocycles. The van der Waals surface area contributed by atoms with E-state index in [1.165, 1.54) is 17.6 Å². The molecular formula is C19H19BrN2O4. The second kappa shape index (κ2) is 6.41. The molecular weight excluding hydrogens is 400 g/mol. The van der Waals surface area contributed by atoms with Crippen molar-refractivity contribution >= 4 is 27.5 Å². The highest BCUT2D eigenvalue weighted by Gasteiger charge is 2.41. The molecule has 2 heterocycles. The minimum absolute atomic E-state index is 0.201. The number of ether oxygens (including phenoxy) is 1. The smallest absolute Gasteiger partial charge is 0.255 e. The number of benzene rings is 1. The van der Waals surface area contributed by atoms with Crippen LogP contribution in [0.2, 0.25) is 0 Å². The molecule has 0 atom stereocenters. The molecule has 136 valence electrons. The Hall–Kier alpha value is -2.38. The molecule has 0 radical (unpaired) electrons. The molecule has 3 rings (SSSR count). The number of nitrogens with zero attached hydrogens (tertiary/aromatic N) is 2. The zero-order valence-electron chi connectivity index (χ0n) is 14.9. The number of halogens is 1. The van der Waals surface area contributed by atoms with Gasteiger partial charge >= 0.3 is 0 Å². The van der Waals surface area contributed by atoms with Crippen LogP contribution < -0.4 is 10.3 Å². The van der Waals surface area contributed by atoms with Gasteiger partial charge in [-0.05, 0) is 44.5 Å². The highest BCUT2D eigenvalue weighted by atomic mass is 79.9. The molecule has 0 saturated heterocycles. The maximum Gasteiger partial charge on any atom is 0.255 e. The summed E-state index contributed by atoms with van der Waals surface area (Å²) < 4.78 is 8.33. The summed E-state index contributed by atoms with van der Waals surface area (Å²) in [6.07, 6.45) is 1.61. The van der Waals surface area contributed by atoms with Crippen molar-refractivity contribution in [3.05, 3.63) is 68.2 Å². The first-order valence-electron chi connectivity index (χ1n) is 8.06. The Balaban J connectivity index is 2.51. The highest BCUT2D eigenvalue weighted by Crippen LogP contribution is 2.45. The molecule has 6 nitrogen and oxygen atoms in total.